The molecule has 0 aliphatic carbocycles. The Morgan fingerprint density at radius 2 is 1.64 bits per heavy atom. The molecule has 1 unspecified atom stereocenters. The zero-order valence-corrected chi connectivity index (χ0v) is 23.7. The smallest absolute Gasteiger partial charge is 0.416 e. The van der Waals surface area contributed by atoms with Crippen molar-refractivity contribution in [2.45, 2.75) is 45.3 Å². The molecule has 2 amide bonds. The Labute approximate surface area is 245 Å². The molecule has 3 aromatic rings. The number of hydrogen-bond donors (Lipinski definition) is 2. The van der Waals surface area contributed by atoms with E-state index in [1.54, 1.807) is 29.2 Å². The number of ether oxygens (including phenoxy) is 2. The number of aromatic nitrogens is 1. The molecule has 1 atom stereocenters. The number of piperidine rings is 2. The van der Waals surface area contributed by atoms with Crippen LogP contribution in [0.25, 0.3) is 0 Å². The van der Waals surface area contributed by atoms with Gasteiger partial charge in [-0.1, -0.05) is 19.1 Å². The van der Waals surface area contributed by atoms with E-state index in [1.807, 2.05) is 24.3 Å². The first-order valence-electron chi connectivity index (χ1n) is 14.4. The van der Waals surface area contributed by atoms with Gasteiger partial charge in [0, 0.05) is 50.7 Å². The van der Waals surface area contributed by atoms with Crippen LogP contribution in [0.4, 0.5) is 10.5 Å². The zero-order chi connectivity index (χ0) is 29.5. The fraction of sp³-hybridized carbons (Fsp3) is 0.375. The van der Waals surface area contributed by atoms with Crippen LogP contribution in [0.3, 0.4) is 0 Å². The Balaban J connectivity index is 1.05. The van der Waals surface area contributed by atoms with E-state index in [2.05, 4.69) is 22.1 Å². The van der Waals surface area contributed by atoms with Gasteiger partial charge in [-0.25, -0.2) is 14.6 Å². The number of carbonyl (C=O) groups excluding carboxylic acids is 2. The lowest BCUT2D eigenvalue weighted by Gasteiger charge is -2.31. The van der Waals surface area contributed by atoms with Crippen molar-refractivity contribution in [1.82, 2.24) is 14.8 Å². The molecule has 2 fully saturated rings. The van der Waals surface area contributed by atoms with Gasteiger partial charge in [-0.2, -0.15) is 0 Å². The van der Waals surface area contributed by atoms with E-state index in [9.17, 15) is 14.4 Å². The van der Waals surface area contributed by atoms with E-state index in [1.165, 1.54) is 36.7 Å². The quantitative estimate of drug-likeness (QED) is 0.373. The Morgan fingerprint density at radius 1 is 0.929 bits per heavy atom. The largest absolute Gasteiger partial charge is 0.490 e. The number of likely N-dealkylation sites (tertiary alicyclic amines) is 2. The normalized spacial score (nSPS) is 17.8. The molecule has 0 radical (unpaired) electrons. The standard InChI is InChI=1S/C32H36N4O6/c1-22-3-2-16-35(20-22)21-23-4-6-24(7-5-23)30(37)34-26-10-13-29(33-19-26)42-32(40)36-17-14-28(15-18-36)41-27-11-8-25(9-12-27)31(38)39/h4-13,19,22,28H,2-3,14-18,20-21H2,1H3,(H,34,37)(H,38,39). The molecule has 2 aliphatic rings. The minimum absolute atomic E-state index is 0.0829. The second-order valence-electron chi connectivity index (χ2n) is 11.0. The molecule has 0 bridgehead atoms. The van der Waals surface area contributed by atoms with Gasteiger partial charge in [0.25, 0.3) is 5.91 Å². The van der Waals surface area contributed by atoms with Gasteiger partial charge < -0.3 is 24.8 Å². The molecule has 5 rings (SSSR count). The molecule has 2 saturated heterocycles. The number of aromatic carboxylic acids is 1. The number of carbonyl (C=O) groups is 3. The maximum Gasteiger partial charge on any atom is 0.416 e. The summed E-state index contributed by atoms with van der Waals surface area (Å²) in [5.41, 5.74) is 2.45. The summed E-state index contributed by atoms with van der Waals surface area (Å²) in [5, 5.41) is 11.9. The second kappa shape index (κ2) is 13.5. The number of amides is 2. The third-order valence-electron chi connectivity index (χ3n) is 7.65. The monoisotopic (exact) mass is 572 g/mol. The van der Waals surface area contributed by atoms with Crippen LogP contribution in [-0.4, -0.2) is 70.1 Å². The van der Waals surface area contributed by atoms with E-state index in [-0.39, 0.29) is 23.5 Å². The summed E-state index contributed by atoms with van der Waals surface area (Å²) in [6.07, 6.45) is 4.64. The van der Waals surface area contributed by atoms with Crippen LogP contribution < -0.4 is 14.8 Å². The molecule has 10 nitrogen and oxygen atoms in total. The van der Waals surface area contributed by atoms with Crippen molar-refractivity contribution in [3.63, 3.8) is 0 Å². The summed E-state index contributed by atoms with van der Waals surface area (Å²) in [7, 11) is 0. The highest BCUT2D eigenvalue weighted by Gasteiger charge is 2.25. The Bertz CT molecular complexity index is 1370. The number of nitrogens with one attached hydrogen (secondary N) is 1. The molecule has 2 aromatic carbocycles. The first kappa shape index (κ1) is 29.1. The van der Waals surface area contributed by atoms with Crippen molar-refractivity contribution in [3.8, 4) is 11.6 Å². The summed E-state index contributed by atoms with van der Waals surface area (Å²) >= 11 is 0. The van der Waals surface area contributed by atoms with Gasteiger partial charge in [-0.05, 0) is 73.3 Å². The second-order valence-corrected chi connectivity index (χ2v) is 11.0. The lowest BCUT2D eigenvalue weighted by Crippen LogP contribution is -2.43. The SMILES string of the molecule is CC1CCCN(Cc2ccc(C(=O)Nc3ccc(OC(=O)N4CCC(Oc5ccc(C(=O)O)cc5)CC4)nc3)cc2)C1. The van der Waals surface area contributed by atoms with Gasteiger partial charge >= 0.3 is 12.1 Å². The van der Waals surface area contributed by atoms with Crippen molar-refractivity contribution in [1.29, 1.82) is 0 Å². The average molecular weight is 573 g/mol. The lowest BCUT2D eigenvalue weighted by molar-refractivity contribution is 0.0696. The van der Waals surface area contributed by atoms with E-state index in [4.69, 9.17) is 14.6 Å². The summed E-state index contributed by atoms with van der Waals surface area (Å²) in [4.78, 5) is 44.6. The van der Waals surface area contributed by atoms with Crippen LogP contribution in [0.15, 0.2) is 66.9 Å². The van der Waals surface area contributed by atoms with Crippen molar-refractivity contribution in [2.24, 2.45) is 5.92 Å². The van der Waals surface area contributed by atoms with Crippen LogP contribution in [0.5, 0.6) is 11.6 Å². The van der Waals surface area contributed by atoms with Gasteiger partial charge in [0.15, 0.2) is 0 Å². The molecule has 42 heavy (non-hydrogen) atoms. The predicted molar refractivity (Wildman–Crippen MR) is 157 cm³/mol. The fourth-order valence-electron chi connectivity index (χ4n) is 5.35. The van der Waals surface area contributed by atoms with Gasteiger partial charge in [0.05, 0.1) is 17.4 Å². The molecule has 1 aromatic heterocycles. The number of hydrogen-bond acceptors (Lipinski definition) is 7. The molecule has 0 spiro atoms. The van der Waals surface area contributed by atoms with E-state index < -0.39 is 12.1 Å². The van der Waals surface area contributed by atoms with Crippen LogP contribution in [0, 0.1) is 5.92 Å². The zero-order valence-electron chi connectivity index (χ0n) is 23.7. The molecule has 0 saturated carbocycles. The Hall–Kier alpha value is -4.44. The van der Waals surface area contributed by atoms with Crippen molar-refractivity contribution < 1.29 is 29.0 Å². The number of benzene rings is 2. The summed E-state index contributed by atoms with van der Waals surface area (Å²) in [6.45, 7) is 6.34. The van der Waals surface area contributed by atoms with Gasteiger partial charge in [0.2, 0.25) is 5.88 Å². The molecular formula is C32H36N4O6. The number of carboxylic acid groups (broad SMARTS) is 1. The highest BCUT2D eigenvalue weighted by atomic mass is 16.6. The molecule has 10 heteroatoms. The topological polar surface area (TPSA) is 121 Å². The first-order chi connectivity index (χ1) is 20.3. The van der Waals surface area contributed by atoms with Crippen LogP contribution in [0.2, 0.25) is 0 Å². The third kappa shape index (κ3) is 7.85. The Morgan fingerprint density at radius 3 is 2.29 bits per heavy atom. The van der Waals surface area contributed by atoms with Crippen LogP contribution >= 0.6 is 0 Å². The highest BCUT2D eigenvalue weighted by molar-refractivity contribution is 6.04. The van der Waals surface area contributed by atoms with Crippen molar-refractivity contribution >= 4 is 23.7 Å². The molecule has 2 aliphatic heterocycles. The summed E-state index contributed by atoms with van der Waals surface area (Å²) in [6, 6.07) is 17.2. The molecule has 3 heterocycles. The number of rotatable bonds is 8. The predicted octanol–water partition coefficient (Wildman–Crippen LogP) is 5.31. The Kier molecular flexibility index (Phi) is 9.33. The highest BCUT2D eigenvalue weighted by Crippen LogP contribution is 2.22. The summed E-state index contributed by atoms with van der Waals surface area (Å²) in [5.74, 6) is 0.247. The molecule has 2 N–H and O–H groups in total. The number of nitrogens with zero attached hydrogens (tertiary/aromatic N) is 3. The third-order valence-corrected chi connectivity index (χ3v) is 7.65. The fourth-order valence-corrected chi connectivity index (χ4v) is 5.35. The maximum absolute atomic E-state index is 12.7. The molecule has 220 valence electrons. The van der Waals surface area contributed by atoms with Crippen LogP contribution in [-0.2, 0) is 6.54 Å². The lowest BCUT2D eigenvalue weighted by atomic mass is 9.99. The first-order valence-corrected chi connectivity index (χ1v) is 14.4. The summed E-state index contributed by atoms with van der Waals surface area (Å²) < 4.78 is 11.4. The minimum Gasteiger partial charge on any atom is -0.490 e. The van der Waals surface area contributed by atoms with Crippen molar-refractivity contribution in [3.05, 3.63) is 83.6 Å². The van der Waals surface area contributed by atoms with E-state index in [0.29, 0.717) is 42.9 Å². The van der Waals surface area contributed by atoms with Gasteiger partial charge in [-0.3, -0.25) is 9.69 Å². The van der Waals surface area contributed by atoms with Gasteiger partial charge in [0.1, 0.15) is 11.9 Å². The minimum atomic E-state index is -0.985. The number of pyridine rings is 1. The van der Waals surface area contributed by atoms with Gasteiger partial charge in [-0.15, -0.1) is 0 Å². The van der Waals surface area contributed by atoms with Crippen LogP contribution in [0.1, 0.15) is 58.9 Å². The van der Waals surface area contributed by atoms with E-state index >= 15 is 0 Å². The van der Waals surface area contributed by atoms with E-state index in [0.717, 1.165) is 25.6 Å². The maximum atomic E-state index is 12.7. The average Bonchev–Trinajstić information content (AvgIpc) is 2.99. The van der Waals surface area contributed by atoms with Crippen molar-refractivity contribution in [2.75, 3.05) is 31.5 Å². The number of carboxylic acids is 1. The molecular weight excluding hydrogens is 536 g/mol. The number of anilines is 1.